The van der Waals surface area contributed by atoms with E-state index in [1.807, 2.05) is 24.3 Å². The molecule has 1 amide bonds. The molecule has 0 unspecified atom stereocenters. The topological polar surface area (TPSA) is 69.2 Å². The highest BCUT2D eigenvalue weighted by molar-refractivity contribution is 5.77. The minimum Gasteiger partial charge on any atom is -0.389 e. The van der Waals surface area contributed by atoms with Crippen molar-refractivity contribution in [3.05, 3.63) is 65.2 Å². The molecule has 170 valence electrons. The monoisotopic (exact) mass is 437 g/mol. The van der Waals surface area contributed by atoms with Gasteiger partial charge in [0.25, 0.3) is 0 Å². The van der Waals surface area contributed by atoms with Crippen LogP contribution in [0.5, 0.6) is 0 Å². The predicted octanol–water partition coefficient (Wildman–Crippen LogP) is 4.60. The summed E-state index contributed by atoms with van der Waals surface area (Å²) in [6.07, 6.45) is 2.66. The maximum absolute atomic E-state index is 13.7. The van der Waals surface area contributed by atoms with Gasteiger partial charge in [-0.05, 0) is 60.6 Å². The molecular weight excluding hydrogens is 405 g/mol. The van der Waals surface area contributed by atoms with Gasteiger partial charge in [0.15, 0.2) is 0 Å². The molecule has 5 nitrogen and oxygen atoms in total. The largest absolute Gasteiger partial charge is 0.389 e. The van der Waals surface area contributed by atoms with Crippen molar-refractivity contribution < 1.29 is 14.3 Å². The number of carbonyl (C=O) groups excluding carboxylic acids is 1. The third kappa shape index (κ3) is 4.56. The number of aromatic amines is 1. The zero-order chi connectivity index (χ0) is 22.9. The van der Waals surface area contributed by atoms with E-state index in [0.29, 0.717) is 19.4 Å². The Labute approximate surface area is 188 Å². The number of imidazole rings is 1. The molecule has 0 saturated carbocycles. The van der Waals surface area contributed by atoms with Crippen LogP contribution in [0.25, 0.3) is 11.0 Å². The molecule has 0 radical (unpaired) electrons. The number of fused-ring (bicyclic) bond motifs is 2. The predicted molar refractivity (Wildman–Crippen MR) is 124 cm³/mol. The Balaban J connectivity index is 1.38. The van der Waals surface area contributed by atoms with Crippen molar-refractivity contribution in [3.8, 4) is 0 Å². The van der Waals surface area contributed by atoms with E-state index in [1.165, 1.54) is 6.07 Å². The SMILES string of the molecule is CC(C)[C@@H]1c2ccc(F)cc2CC[C@@]1(O)CC(=O)N(C)CCCc1nc2ccccc2[nH]1. The van der Waals surface area contributed by atoms with E-state index in [1.54, 1.807) is 24.1 Å². The number of nitrogens with zero attached hydrogens (tertiary/aromatic N) is 2. The molecule has 2 aromatic carbocycles. The highest BCUT2D eigenvalue weighted by Crippen LogP contribution is 2.45. The van der Waals surface area contributed by atoms with Crippen molar-refractivity contribution in [3.63, 3.8) is 0 Å². The summed E-state index contributed by atoms with van der Waals surface area (Å²) in [5, 5.41) is 11.6. The van der Waals surface area contributed by atoms with Crippen molar-refractivity contribution in [2.24, 2.45) is 5.92 Å². The minimum absolute atomic E-state index is 0.0617. The molecule has 0 spiro atoms. The number of benzene rings is 2. The fourth-order valence-corrected chi connectivity index (χ4v) is 5.20. The summed E-state index contributed by atoms with van der Waals surface area (Å²) in [6.45, 7) is 4.70. The molecule has 6 heteroatoms. The van der Waals surface area contributed by atoms with Gasteiger partial charge in [-0.3, -0.25) is 4.79 Å². The fourth-order valence-electron chi connectivity index (χ4n) is 5.20. The molecular formula is C26H32FN3O2. The lowest BCUT2D eigenvalue weighted by Gasteiger charge is -2.43. The van der Waals surface area contributed by atoms with Gasteiger partial charge in [0.1, 0.15) is 11.6 Å². The second-order valence-electron chi connectivity index (χ2n) is 9.46. The molecule has 0 aliphatic heterocycles. The van der Waals surface area contributed by atoms with Gasteiger partial charge >= 0.3 is 0 Å². The number of aromatic nitrogens is 2. The Morgan fingerprint density at radius 2 is 2.09 bits per heavy atom. The van der Waals surface area contributed by atoms with E-state index in [9.17, 15) is 14.3 Å². The maximum Gasteiger partial charge on any atom is 0.225 e. The third-order valence-corrected chi connectivity index (χ3v) is 6.74. The van der Waals surface area contributed by atoms with Crippen molar-refractivity contribution in [2.75, 3.05) is 13.6 Å². The van der Waals surface area contributed by atoms with Crippen LogP contribution in [0.4, 0.5) is 4.39 Å². The van der Waals surface area contributed by atoms with Crippen LogP contribution < -0.4 is 0 Å². The van der Waals surface area contributed by atoms with E-state index in [4.69, 9.17) is 0 Å². The fraction of sp³-hybridized carbons (Fsp3) is 0.462. The van der Waals surface area contributed by atoms with Crippen molar-refractivity contribution >= 4 is 16.9 Å². The summed E-state index contributed by atoms with van der Waals surface area (Å²) in [5.41, 5.74) is 2.76. The molecule has 1 heterocycles. The number of halogens is 1. The second kappa shape index (κ2) is 9.02. The normalized spacial score (nSPS) is 20.5. The number of aliphatic hydroxyl groups is 1. The van der Waals surface area contributed by atoms with E-state index in [-0.39, 0.29) is 30.0 Å². The van der Waals surface area contributed by atoms with Crippen LogP contribution in [0.3, 0.4) is 0 Å². The minimum atomic E-state index is -1.12. The Bertz CT molecular complexity index is 1080. The second-order valence-corrected chi connectivity index (χ2v) is 9.46. The number of amides is 1. The summed E-state index contributed by atoms with van der Waals surface area (Å²) in [5.74, 6) is 0.544. The highest BCUT2D eigenvalue weighted by atomic mass is 19.1. The third-order valence-electron chi connectivity index (χ3n) is 6.74. The van der Waals surface area contributed by atoms with Gasteiger partial charge in [-0.2, -0.15) is 0 Å². The molecule has 2 atom stereocenters. The molecule has 1 aliphatic carbocycles. The lowest BCUT2D eigenvalue weighted by Crippen LogP contribution is -2.47. The smallest absolute Gasteiger partial charge is 0.225 e. The Morgan fingerprint density at radius 3 is 2.84 bits per heavy atom. The lowest BCUT2D eigenvalue weighted by molar-refractivity contribution is -0.137. The summed E-state index contributed by atoms with van der Waals surface area (Å²) in [7, 11) is 1.79. The zero-order valence-corrected chi connectivity index (χ0v) is 19.1. The van der Waals surface area contributed by atoms with Gasteiger partial charge in [-0.25, -0.2) is 9.37 Å². The number of carbonyl (C=O) groups is 1. The average molecular weight is 438 g/mol. The van der Waals surface area contributed by atoms with Gasteiger partial charge in [0.2, 0.25) is 5.91 Å². The van der Waals surface area contributed by atoms with Crippen LogP contribution >= 0.6 is 0 Å². The van der Waals surface area contributed by atoms with Gasteiger partial charge in [0.05, 0.1) is 23.1 Å². The molecule has 0 fully saturated rings. The number of aryl methyl sites for hydroxylation is 2. The maximum atomic E-state index is 13.7. The quantitative estimate of drug-likeness (QED) is 0.568. The number of hydrogen-bond acceptors (Lipinski definition) is 3. The van der Waals surface area contributed by atoms with Crippen LogP contribution in [-0.2, 0) is 17.6 Å². The van der Waals surface area contributed by atoms with Gasteiger partial charge < -0.3 is 15.0 Å². The molecule has 0 saturated heterocycles. The molecule has 1 aliphatic rings. The first kappa shape index (κ1) is 22.5. The average Bonchev–Trinajstić information content (AvgIpc) is 3.16. The van der Waals surface area contributed by atoms with Crippen LogP contribution in [-0.4, -0.2) is 45.1 Å². The number of nitrogens with one attached hydrogen (secondary N) is 1. The standard InChI is InChI=1S/C26H32FN3O2/c1-17(2)25-20-11-10-19(27)15-18(20)12-13-26(25,32)16-24(31)30(3)14-6-9-23-28-21-7-4-5-8-22(21)29-23/h4-5,7-8,10-11,15,17,25,32H,6,9,12-14,16H2,1-3H3,(H,28,29)/t25-,26-/m1/s1. The van der Waals surface area contributed by atoms with Crippen LogP contribution in [0.2, 0.25) is 0 Å². The lowest BCUT2D eigenvalue weighted by atomic mass is 9.66. The summed E-state index contributed by atoms with van der Waals surface area (Å²) in [4.78, 5) is 22.6. The first-order valence-corrected chi connectivity index (χ1v) is 11.4. The first-order chi connectivity index (χ1) is 15.3. The Morgan fingerprint density at radius 1 is 1.31 bits per heavy atom. The summed E-state index contributed by atoms with van der Waals surface area (Å²) in [6, 6.07) is 12.7. The molecule has 2 N–H and O–H groups in total. The Hall–Kier alpha value is -2.73. The van der Waals surface area contributed by atoms with Gasteiger partial charge in [0, 0.05) is 25.9 Å². The number of para-hydroxylation sites is 2. The highest BCUT2D eigenvalue weighted by Gasteiger charge is 2.45. The molecule has 0 bridgehead atoms. The molecule has 3 aromatic rings. The molecule has 32 heavy (non-hydrogen) atoms. The van der Waals surface area contributed by atoms with Crippen molar-refractivity contribution in [2.45, 2.75) is 57.5 Å². The van der Waals surface area contributed by atoms with E-state index in [2.05, 4.69) is 23.8 Å². The van der Waals surface area contributed by atoms with E-state index >= 15 is 0 Å². The first-order valence-electron chi connectivity index (χ1n) is 11.4. The molecule has 1 aromatic heterocycles. The molecule has 4 rings (SSSR count). The van der Waals surface area contributed by atoms with E-state index < -0.39 is 5.60 Å². The number of rotatable bonds is 7. The summed E-state index contributed by atoms with van der Waals surface area (Å²) < 4.78 is 13.7. The number of H-pyrrole nitrogens is 1. The van der Waals surface area contributed by atoms with Gasteiger partial charge in [-0.1, -0.05) is 32.0 Å². The van der Waals surface area contributed by atoms with Crippen molar-refractivity contribution in [1.82, 2.24) is 14.9 Å². The van der Waals surface area contributed by atoms with Crippen LogP contribution in [0.15, 0.2) is 42.5 Å². The van der Waals surface area contributed by atoms with Crippen molar-refractivity contribution in [1.29, 1.82) is 0 Å². The van der Waals surface area contributed by atoms with E-state index in [0.717, 1.165) is 40.8 Å². The summed E-state index contributed by atoms with van der Waals surface area (Å²) >= 11 is 0. The Kier molecular flexibility index (Phi) is 6.33. The zero-order valence-electron chi connectivity index (χ0n) is 19.1. The van der Waals surface area contributed by atoms with Crippen LogP contribution in [0.1, 0.15) is 56.0 Å². The van der Waals surface area contributed by atoms with Crippen LogP contribution in [0, 0.1) is 11.7 Å². The van der Waals surface area contributed by atoms with Gasteiger partial charge in [-0.15, -0.1) is 0 Å². The number of hydrogen-bond donors (Lipinski definition) is 2.